The smallest absolute Gasteiger partial charge is 0.243 e. The highest BCUT2D eigenvalue weighted by molar-refractivity contribution is 6.30. The van der Waals surface area contributed by atoms with Gasteiger partial charge < -0.3 is 15.2 Å². The molecule has 37 heavy (non-hydrogen) atoms. The molecule has 2 atom stereocenters. The van der Waals surface area contributed by atoms with Crippen molar-refractivity contribution in [3.8, 4) is 0 Å². The zero-order chi connectivity index (χ0) is 25.2. The first kappa shape index (κ1) is 23.9. The number of fused-ring (bicyclic) bond motifs is 2. The topological polar surface area (TPSA) is 75.1 Å². The average molecular weight is 513 g/mol. The molecule has 2 aliphatic rings. The van der Waals surface area contributed by atoms with Crippen molar-refractivity contribution in [3.05, 3.63) is 112 Å². The van der Waals surface area contributed by atoms with E-state index in [0.29, 0.717) is 13.1 Å². The molecule has 1 fully saturated rings. The maximum atomic E-state index is 13.8. The van der Waals surface area contributed by atoms with Crippen LogP contribution in [0.5, 0.6) is 0 Å². The molecule has 4 aromatic rings. The number of carbonyl (C=O) groups is 1. The number of pyridine rings is 1. The van der Waals surface area contributed by atoms with Crippen LogP contribution >= 0.6 is 11.6 Å². The highest BCUT2D eigenvalue weighted by atomic mass is 35.5. The van der Waals surface area contributed by atoms with Crippen molar-refractivity contribution in [2.24, 2.45) is 0 Å². The molecule has 188 valence electrons. The van der Waals surface area contributed by atoms with Gasteiger partial charge in [0.1, 0.15) is 6.04 Å². The maximum Gasteiger partial charge on any atom is 0.243 e. The minimum Gasteiger partial charge on any atom is -0.333 e. The van der Waals surface area contributed by atoms with Crippen LogP contribution in [0, 0.1) is 0 Å². The third-order valence-corrected chi connectivity index (χ3v) is 7.52. The molecule has 8 heteroatoms. The van der Waals surface area contributed by atoms with Crippen LogP contribution in [-0.4, -0.2) is 51.0 Å². The van der Waals surface area contributed by atoms with Gasteiger partial charge in [-0.3, -0.25) is 14.7 Å². The number of piperazine rings is 1. The fourth-order valence-corrected chi connectivity index (χ4v) is 5.75. The van der Waals surface area contributed by atoms with Crippen molar-refractivity contribution in [1.82, 2.24) is 24.8 Å². The molecule has 1 unspecified atom stereocenters. The third-order valence-electron chi connectivity index (χ3n) is 7.29. The minimum absolute atomic E-state index is 0.0239. The van der Waals surface area contributed by atoms with Gasteiger partial charge in [-0.25, -0.2) is 4.98 Å². The van der Waals surface area contributed by atoms with Gasteiger partial charge in [0.2, 0.25) is 5.91 Å². The number of amides is 1. The molecule has 0 bridgehead atoms. The van der Waals surface area contributed by atoms with E-state index in [4.69, 9.17) is 16.6 Å². The van der Waals surface area contributed by atoms with Crippen LogP contribution in [0.4, 0.5) is 5.69 Å². The molecule has 1 saturated heterocycles. The number of carbonyl (C=O) groups excluding carboxylic acids is 1. The summed E-state index contributed by atoms with van der Waals surface area (Å²) in [6.07, 6.45) is 9.15. The first-order chi connectivity index (χ1) is 18.2. The Balaban J connectivity index is 1.31. The van der Waals surface area contributed by atoms with Gasteiger partial charge in [0.05, 0.1) is 18.1 Å². The van der Waals surface area contributed by atoms with E-state index in [0.717, 1.165) is 47.9 Å². The number of hydrogen-bond donors (Lipinski definition) is 2. The van der Waals surface area contributed by atoms with Crippen LogP contribution < -0.4 is 10.6 Å². The predicted octanol–water partition coefficient (Wildman–Crippen LogP) is 4.08. The Labute approximate surface area is 221 Å². The quantitative estimate of drug-likeness (QED) is 0.421. The van der Waals surface area contributed by atoms with Crippen molar-refractivity contribution < 1.29 is 4.79 Å². The number of nitrogens with zero attached hydrogens (tertiary/aromatic N) is 4. The van der Waals surface area contributed by atoms with Gasteiger partial charge in [0.25, 0.3) is 0 Å². The molecule has 0 radical (unpaired) electrons. The lowest BCUT2D eigenvalue weighted by atomic mass is 9.94. The predicted molar refractivity (Wildman–Crippen MR) is 145 cm³/mol. The van der Waals surface area contributed by atoms with Crippen LogP contribution in [0.15, 0.2) is 79.5 Å². The number of halogens is 1. The second kappa shape index (κ2) is 10.5. The highest BCUT2D eigenvalue weighted by Crippen LogP contribution is 2.38. The Morgan fingerprint density at radius 1 is 1.08 bits per heavy atom. The lowest BCUT2D eigenvalue weighted by Crippen LogP contribution is -2.57. The van der Waals surface area contributed by atoms with Crippen molar-refractivity contribution >= 4 is 23.2 Å². The van der Waals surface area contributed by atoms with Crippen molar-refractivity contribution in [2.45, 2.75) is 31.5 Å². The van der Waals surface area contributed by atoms with E-state index in [2.05, 4.69) is 44.8 Å². The van der Waals surface area contributed by atoms with E-state index < -0.39 is 0 Å². The van der Waals surface area contributed by atoms with Crippen LogP contribution in [-0.2, 0) is 24.2 Å². The molecule has 2 N–H and O–H groups in total. The summed E-state index contributed by atoms with van der Waals surface area (Å²) in [7, 11) is 0. The van der Waals surface area contributed by atoms with Gasteiger partial charge in [-0.05, 0) is 65.4 Å². The zero-order valence-electron chi connectivity index (χ0n) is 20.5. The first-order valence-electron chi connectivity index (χ1n) is 12.7. The molecule has 0 spiro atoms. The van der Waals surface area contributed by atoms with Gasteiger partial charge in [0, 0.05) is 55.5 Å². The van der Waals surface area contributed by atoms with Crippen molar-refractivity contribution in [3.63, 3.8) is 0 Å². The summed E-state index contributed by atoms with van der Waals surface area (Å²) in [5, 5.41) is 7.35. The van der Waals surface area contributed by atoms with Gasteiger partial charge in [-0.15, -0.1) is 0 Å². The number of benzene rings is 2. The monoisotopic (exact) mass is 512 g/mol. The number of nitrogens with one attached hydrogen (secondary N) is 2. The van der Waals surface area contributed by atoms with Gasteiger partial charge in [-0.2, -0.15) is 0 Å². The van der Waals surface area contributed by atoms with Crippen molar-refractivity contribution in [1.29, 1.82) is 0 Å². The fraction of sp³-hybridized carbons (Fsp3) is 0.276. The Bertz CT molecular complexity index is 1410. The van der Waals surface area contributed by atoms with Crippen LogP contribution in [0.2, 0.25) is 5.02 Å². The summed E-state index contributed by atoms with van der Waals surface area (Å²) in [6.45, 7) is 2.82. The summed E-state index contributed by atoms with van der Waals surface area (Å²) >= 11 is 6.39. The van der Waals surface area contributed by atoms with Crippen LogP contribution in [0.25, 0.3) is 0 Å². The number of hydrogen-bond acceptors (Lipinski definition) is 5. The van der Waals surface area contributed by atoms with Gasteiger partial charge in [-0.1, -0.05) is 35.9 Å². The first-order valence-corrected chi connectivity index (χ1v) is 13.1. The molecule has 2 aromatic heterocycles. The molecule has 1 amide bonds. The lowest BCUT2D eigenvalue weighted by Gasteiger charge is -2.41. The van der Waals surface area contributed by atoms with Gasteiger partial charge in [0.15, 0.2) is 0 Å². The maximum absolute atomic E-state index is 13.8. The van der Waals surface area contributed by atoms with Gasteiger partial charge >= 0.3 is 0 Å². The van der Waals surface area contributed by atoms with E-state index in [-0.39, 0.29) is 18.0 Å². The Kier molecular flexibility index (Phi) is 6.74. The summed E-state index contributed by atoms with van der Waals surface area (Å²) in [4.78, 5) is 25.0. The van der Waals surface area contributed by atoms with E-state index >= 15 is 0 Å². The lowest BCUT2D eigenvalue weighted by molar-refractivity contribution is -0.122. The second-order valence-corrected chi connectivity index (χ2v) is 10.1. The van der Waals surface area contributed by atoms with Crippen molar-refractivity contribution in [2.75, 3.05) is 25.0 Å². The highest BCUT2D eigenvalue weighted by Gasteiger charge is 2.38. The molecule has 2 aromatic carbocycles. The number of aryl methyl sites for hydroxylation is 2. The standard InChI is InChI=1S/C29H29ClN6O/c30-23-8-9-25-22(16-23)7-6-21-4-2-10-33-27(21)28(25)36-14-12-31-17-26(36)29(37)34-24-5-1-3-20(15-24)18-35-13-11-32-19-35/h1-5,8-11,13,15-16,19,26,28,31H,6-7,12,14,17-18H2,(H,34,37)/t26-,28?/m1/s1. The minimum atomic E-state index is -0.354. The molecule has 1 aliphatic heterocycles. The summed E-state index contributed by atoms with van der Waals surface area (Å²) in [5.74, 6) is -0.0239. The summed E-state index contributed by atoms with van der Waals surface area (Å²) in [5.41, 5.74) is 6.56. The van der Waals surface area contributed by atoms with E-state index in [1.807, 2.05) is 47.3 Å². The van der Waals surface area contributed by atoms with E-state index in [1.54, 1.807) is 12.5 Å². The Morgan fingerprint density at radius 3 is 2.89 bits per heavy atom. The molecule has 3 heterocycles. The molecular formula is C29H29ClN6O. The SMILES string of the molecule is O=C(Nc1cccc(Cn2ccnc2)c1)[C@H]1CNCCN1C1c2ccc(Cl)cc2CCc2cccnc21. The van der Waals surface area contributed by atoms with E-state index in [9.17, 15) is 4.79 Å². The van der Waals surface area contributed by atoms with Crippen LogP contribution in [0.3, 0.4) is 0 Å². The fourth-order valence-electron chi connectivity index (χ4n) is 5.55. The second-order valence-electron chi connectivity index (χ2n) is 9.68. The van der Waals surface area contributed by atoms with Crippen LogP contribution in [0.1, 0.15) is 34.0 Å². The molecule has 1 aliphatic carbocycles. The largest absolute Gasteiger partial charge is 0.333 e. The number of imidazole rings is 1. The Hall–Kier alpha value is -3.52. The molecule has 7 nitrogen and oxygen atoms in total. The number of rotatable bonds is 5. The Morgan fingerprint density at radius 2 is 2.00 bits per heavy atom. The zero-order valence-corrected chi connectivity index (χ0v) is 21.2. The van der Waals surface area contributed by atoms with E-state index in [1.165, 1.54) is 16.7 Å². The number of aromatic nitrogens is 3. The summed E-state index contributed by atoms with van der Waals surface area (Å²) in [6, 6.07) is 17.8. The number of anilines is 1. The normalized spacial score (nSPS) is 19.5. The third kappa shape index (κ3) is 5.03. The molecular weight excluding hydrogens is 484 g/mol. The average Bonchev–Trinajstić information content (AvgIpc) is 3.37. The molecule has 0 saturated carbocycles. The summed E-state index contributed by atoms with van der Waals surface area (Å²) < 4.78 is 2.01. The molecule has 6 rings (SSSR count).